The summed E-state index contributed by atoms with van der Waals surface area (Å²) in [6.07, 6.45) is 0. The molecule has 0 aliphatic rings. The van der Waals surface area contributed by atoms with E-state index in [1.54, 1.807) is 0 Å². The zero-order valence-electron chi connectivity index (χ0n) is 8.17. The first-order chi connectivity index (χ1) is 5.00. The van der Waals surface area contributed by atoms with Crippen molar-refractivity contribution < 1.29 is 0 Å². The Bertz CT molecular complexity index is 91.7. The number of hydrogen-bond donors (Lipinski definition) is 2. The van der Waals surface area contributed by atoms with E-state index in [9.17, 15) is 0 Å². The Balaban J connectivity index is 4.09. The van der Waals surface area contributed by atoms with Gasteiger partial charge in [0, 0.05) is 12.6 Å². The average molecular weight is 158 g/mol. The highest BCUT2D eigenvalue weighted by Crippen LogP contribution is 2.22. The van der Waals surface area contributed by atoms with Crippen LogP contribution in [0, 0.1) is 17.8 Å². The molecule has 0 radical (unpaired) electrons. The molecular formula is C9H22N2. The van der Waals surface area contributed by atoms with Crippen LogP contribution in [0.15, 0.2) is 0 Å². The fourth-order valence-corrected chi connectivity index (χ4v) is 1.92. The van der Waals surface area contributed by atoms with Crippen molar-refractivity contribution in [3.63, 3.8) is 0 Å². The zero-order chi connectivity index (χ0) is 9.02. The molecule has 0 aliphatic heterocycles. The third kappa shape index (κ3) is 3.21. The Kier molecular flexibility index (Phi) is 4.69. The van der Waals surface area contributed by atoms with E-state index in [1.807, 2.05) is 0 Å². The van der Waals surface area contributed by atoms with Crippen LogP contribution in [0.4, 0.5) is 0 Å². The lowest BCUT2D eigenvalue weighted by Gasteiger charge is -2.29. The third-order valence-electron chi connectivity index (χ3n) is 2.31. The molecular weight excluding hydrogens is 136 g/mol. The molecule has 0 aromatic heterocycles. The summed E-state index contributed by atoms with van der Waals surface area (Å²) in [6, 6.07) is 0.162. The molecule has 0 bridgehead atoms. The van der Waals surface area contributed by atoms with Gasteiger partial charge in [-0.05, 0) is 17.8 Å². The lowest BCUT2D eigenvalue weighted by Crippen LogP contribution is -2.42. The maximum Gasteiger partial charge on any atom is 0.0196 e. The molecule has 0 heterocycles. The van der Waals surface area contributed by atoms with Crippen LogP contribution in [0.2, 0.25) is 0 Å². The van der Waals surface area contributed by atoms with Gasteiger partial charge in [0.05, 0.1) is 0 Å². The van der Waals surface area contributed by atoms with E-state index in [0.29, 0.717) is 24.3 Å². The fourth-order valence-electron chi connectivity index (χ4n) is 1.92. The van der Waals surface area contributed by atoms with E-state index in [-0.39, 0.29) is 6.04 Å². The van der Waals surface area contributed by atoms with Crippen molar-refractivity contribution >= 4 is 0 Å². The van der Waals surface area contributed by atoms with Crippen LogP contribution in [-0.2, 0) is 0 Å². The molecule has 0 saturated heterocycles. The first kappa shape index (κ1) is 10.9. The maximum absolute atomic E-state index is 5.89. The summed E-state index contributed by atoms with van der Waals surface area (Å²) in [4.78, 5) is 0. The van der Waals surface area contributed by atoms with Crippen LogP contribution in [0.25, 0.3) is 0 Å². The molecule has 0 aromatic carbocycles. The SMILES string of the molecule is CC(C)C(C(C)C)C(N)CN. The Hall–Kier alpha value is -0.0800. The summed E-state index contributed by atoms with van der Waals surface area (Å²) in [5.41, 5.74) is 11.4. The van der Waals surface area contributed by atoms with Crippen LogP contribution in [0.3, 0.4) is 0 Å². The molecule has 0 rings (SSSR count). The smallest absolute Gasteiger partial charge is 0.0196 e. The average Bonchev–Trinajstić information content (AvgIpc) is 1.85. The van der Waals surface area contributed by atoms with E-state index in [0.717, 1.165) is 0 Å². The highest BCUT2D eigenvalue weighted by atomic mass is 14.7. The summed E-state index contributed by atoms with van der Waals surface area (Å²) >= 11 is 0. The van der Waals surface area contributed by atoms with Crippen molar-refractivity contribution in [2.75, 3.05) is 6.54 Å². The summed E-state index contributed by atoms with van der Waals surface area (Å²) < 4.78 is 0. The highest BCUT2D eigenvalue weighted by molar-refractivity contribution is 4.78. The lowest BCUT2D eigenvalue weighted by molar-refractivity contribution is 0.241. The minimum absolute atomic E-state index is 0.162. The molecule has 68 valence electrons. The normalized spacial score (nSPS) is 15.0. The van der Waals surface area contributed by atoms with Gasteiger partial charge in [-0.15, -0.1) is 0 Å². The van der Waals surface area contributed by atoms with Crippen LogP contribution < -0.4 is 11.5 Å². The molecule has 0 aromatic rings. The van der Waals surface area contributed by atoms with Gasteiger partial charge in [0.25, 0.3) is 0 Å². The van der Waals surface area contributed by atoms with Crippen molar-refractivity contribution in [3.8, 4) is 0 Å². The van der Waals surface area contributed by atoms with Gasteiger partial charge in [-0.25, -0.2) is 0 Å². The van der Waals surface area contributed by atoms with Crippen LogP contribution in [0.1, 0.15) is 27.7 Å². The zero-order valence-corrected chi connectivity index (χ0v) is 8.17. The van der Waals surface area contributed by atoms with Crippen molar-refractivity contribution in [1.82, 2.24) is 0 Å². The van der Waals surface area contributed by atoms with E-state index in [4.69, 9.17) is 11.5 Å². The monoisotopic (exact) mass is 158 g/mol. The van der Waals surface area contributed by atoms with Crippen molar-refractivity contribution in [1.29, 1.82) is 0 Å². The number of nitrogens with two attached hydrogens (primary N) is 2. The van der Waals surface area contributed by atoms with Crippen molar-refractivity contribution in [2.45, 2.75) is 33.7 Å². The molecule has 0 aliphatic carbocycles. The topological polar surface area (TPSA) is 52.0 Å². The van der Waals surface area contributed by atoms with Crippen LogP contribution in [0.5, 0.6) is 0 Å². The second-order valence-electron chi connectivity index (χ2n) is 3.96. The lowest BCUT2D eigenvalue weighted by atomic mass is 9.80. The summed E-state index contributed by atoms with van der Waals surface area (Å²) in [7, 11) is 0. The molecule has 2 heteroatoms. The molecule has 0 saturated carbocycles. The maximum atomic E-state index is 5.89. The van der Waals surface area contributed by atoms with Gasteiger partial charge in [0.2, 0.25) is 0 Å². The Morgan fingerprint density at radius 2 is 1.36 bits per heavy atom. The summed E-state index contributed by atoms with van der Waals surface area (Å²) in [5, 5.41) is 0. The Morgan fingerprint density at radius 1 is 1.00 bits per heavy atom. The van der Waals surface area contributed by atoms with E-state index in [2.05, 4.69) is 27.7 Å². The number of hydrogen-bond acceptors (Lipinski definition) is 2. The summed E-state index contributed by atoms with van der Waals surface area (Å²) in [5.74, 6) is 1.82. The van der Waals surface area contributed by atoms with E-state index >= 15 is 0 Å². The minimum Gasteiger partial charge on any atom is -0.329 e. The van der Waals surface area contributed by atoms with Gasteiger partial charge >= 0.3 is 0 Å². The van der Waals surface area contributed by atoms with Gasteiger partial charge in [0.15, 0.2) is 0 Å². The van der Waals surface area contributed by atoms with Gasteiger partial charge in [0.1, 0.15) is 0 Å². The van der Waals surface area contributed by atoms with Crippen molar-refractivity contribution in [3.05, 3.63) is 0 Å². The minimum atomic E-state index is 0.162. The van der Waals surface area contributed by atoms with E-state index in [1.165, 1.54) is 0 Å². The quantitative estimate of drug-likeness (QED) is 0.646. The molecule has 4 N–H and O–H groups in total. The molecule has 11 heavy (non-hydrogen) atoms. The standard InChI is InChI=1S/C9H22N2/c1-6(2)9(7(3)4)8(11)5-10/h6-9H,5,10-11H2,1-4H3. The van der Waals surface area contributed by atoms with Crippen LogP contribution in [-0.4, -0.2) is 12.6 Å². The first-order valence-electron chi connectivity index (χ1n) is 4.46. The van der Waals surface area contributed by atoms with Gasteiger partial charge in [-0.3, -0.25) is 0 Å². The molecule has 0 spiro atoms. The molecule has 0 fully saturated rings. The highest BCUT2D eigenvalue weighted by Gasteiger charge is 2.22. The second kappa shape index (κ2) is 4.73. The fraction of sp³-hybridized carbons (Fsp3) is 1.00. The molecule has 1 unspecified atom stereocenters. The predicted octanol–water partition coefficient (Wildman–Crippen LogP) is 1.20. The molecule has 1 atom stereocenters. The largest absolute Gasteiger partial charge is 0.329 e. The van der Waals surface area contributed by atoms with Gasteiger partial charge in [-0.2, -0.15) is 0 Å². The second-order valence-corrected chi connectivity index (χ2v) is 3.96. The summed E-state index contributed by atoms with van der Waals surface area (Å²) in [6.45, 7) is 9.43. The van der Waals surface area contributed by atoms with Crippen molar-refractivity contribution in [2.24, 2.45) is 29.2 Å². The predicted molar refractivity (Wildman–Crippen MR) is 50.2 cm³/mol. The Labute approximate surface area is 70.3 Å². The van der Waals surface area contributed by atoms with Crippen LogP contribution >= 0.6 is 0 Å². The molecule has 0 amide bonds. The van der Waals surface area contributed by atoms with Gasteiger partial charge in [-0.1, -0.05) is 27.7 Å². The molecule has 2 nitrogen and oxygen atoms in total. The Morgan fingerprint density at radius 3 is 1.45 bits per heavy atom. The number of rotatable bonds is 4. The third-order valence-corrected chi connectivity index (χ3v) is 2.31. The van der Waals surface area contributed by atoms with Gasteiger partial charge < -0.3 is 11.5 Å². The first-order valence-corrected chi connectivity index (χ1v) is 4.46. The van der Waals surface area contributed by atoms with E-state index < -0.39 is 0 Å².